The van der Waals surface area contributed by atoms with Crippen molar-refractivity contribution >= 4 is 28.1 Å². The molecule has 0 radical (unpaired) electrons. The number of piperazine rings is 1. The predicted octanol–water partition coefficient (Wildman–Crippen LogP) is 4.31. The third kappa shape index (κ3) is 4.08. The number of amides is 1. The Morgan fingerprint density at radius 1 is 0.950 bits per heavy atom. The lowest BCUT2D eigenvalue weighted by Gasteiger charge is -2.45. The number of pyridine rings is 1. The highest BCUT2D eigenvalue weighted by Gasteiger charge is 2.39. The van der Waals surface area contributed by atoms with E-state index in [1.54, 1.807) is 6.92 Å². The largest absolute Gasteiger partial charge is 0.382 e. The van der Waals surface area contributed by atoms with E-state index < -0.39 is 0 Å². The Hall–Kier alpha value is -4.37. The summed E-state index contributed by atoms with van der Waals surface area (Å²) in [4.78, 5) is 30.7. The average molecular weight is 533 g/mol. The predicted molar refractivity (Wildman–Crippen MR) is 156 cm³/mol. The van der Waals surface area contributed by atoms with E-state index in [0.29, 0.717) is 11.9 Å². The second-order valence-corrected chi connectivity index (χ2v) is 11.0. The lowest BCUT2D eigenvalue weighted by Crippen LogP contribution is -2.54. The molecule has 0 atom stereocenters. The fourth-order valence-electron chi connectivity index (χ4n) is 6.28. The number of carbonyl (C=O) groups excluding carboxylic acids is 1. The first kappa shape index (κ1) is 24.7. The van der Waals surface area contributed by atoms with Gasteiger partial charge in [-0.2, -0.15) is 5.10 Å². The van der Waals surface area contributed by atoms with Crippen molar-refractivity contribution in [3.8, 4) is 22.5 Å². The number of nitrogen functional groups attached to an aromatic ring is 1. The van der Waals surface area contributed by atoms with Crippen LogP contribution in [0, 0.1) is 6.92 Å². The summed E-state index contributed by atoms with van der Waals surface area (Å²) in [6.45, 7) is 7.21. The number of hydrogen-bond acceptors (Lipinski definition) is 7. The van der Waals surface area contributed by atoms with Crippen LogP contribution in [0.15, 0.2) is 60.9 Å². The second-order valence-electron chi connectivity index (χ2n) is 11.0. The number of benzene rings is 2. The number of rotatable bonds is 4. The quantitative estimate of drug-likeness (QED) is 0.368. The molecule has 2 N–H and O–H groups in total. The molecule has 202 valence electrons. The van der Waals surface area contributed by atoms with Crippen molar-refractivity contribution in [3.63, 3.8) is 0 Å². The van der Waals surface area contributed by atoms with Crippen LogP contribution in [0.4, 0.5) is 5.82 Å². The number of nitrogens with two attached hydrogens (primary N) is 1. The van der Waals surface area contributed by atoms with Gasteiger partial charge in [-0.25, -0.2) is 19.5 Å². The van der Waals surface area contributed by atoms with Crippen LogP contribution in [-0.4, -0.2) is 72.5 Å². The number of aromatic nitrogens is 5. The summed E-state index contributed by atoms with van der Waals surface area (Å²) in [5.74, 6) is 1.80. The fourth-order valence-corrected chi connectivity index (χ4v) is 6.28. The lowest BCUT2D eigenvalue weighted by molar-refractivity contribution is -0.131. The molecule has 2 fully saturated rings. The number of carbonyl (C=O) groups is 1. The van der Waals surface area contributed by atoms with E-state index in [9.17, 15) is 4.79 Å². The standard InChI is InChI=1S/C31H32N8O/c1-19-25(10-8-22-9-11-26(35-27(19)22)21-6-4-3-5-7-21)28-29-30(32)33-18-34-39(29)31(36-28)23-16-24(17-23)38-14-12-37(13-15-38)20(2)40/h3-11,18,23-24H,12-17H2,1-2H3,(H2,32,33,34). The zero-order chi connectivity index (χ0) is 27.4. The number of anilines is 1. The topological polar surface area (TPSA) is 106 Å². The molecule has 2 aromatic carbocycles. The van der Waals surface area contributed by atoms with Crippen molar-refractivity contribution in [2.24, 2.45) is 0 Å². The van der Waals surface area contributed by atoms with Gasteiger partial charge in [-0.3, -0.25) is 9.69 Å². The molecule has 9 nitrogen and oxygen atoms in total. The summed E-state index contributed by atoms with van der Waals surface area (Å²) >= 11 is 0. The summed E-state index contributed by atoms with van der Waals surface area (Å²) in [7, 11) is 0. The number of aryl methyl sites for hydroxylation is 1. The minimum Gasteiger partial charge on any atom is -0.382 e. The Labute approximate surface area is 232 Å². The minimum atomic E-state index is 0.162. The van der Waals surface area contributed by atoms with Crippen LogP contribution in [-0.2, 0) is 4.79 Å². The van der Waals surface area contributed by atoms with Gasteiger partial charge in [0, 0.05) is 61.6 Å². The molecule has 1 aliphatic heterocycles. The number of imidazole rings is 1. The Balaban J connectivity index is 1.23. The molecular formula is C31H32N8O. The summed E-state index contributed by atoms with van der Waals surface area (Å²) in [6, 6.07) is 19.1. The number of hydrogen-bond donors (Lipinski definition) is 1. The Morgan fingerprint density at radius 3 is 2.45 bits per heavy atom. The van der Waals surface area contributed by atoms with E-state index in [2.05, 4.69) is 58.3 Å². The third-order valence-corrected chi connectivity index (χ3v) is 8.68. The summed E-state index contributed by atoms with van der Waals surface area (Å²) in [5, 5.41) is 5.68. The molecule has 2 aliphatic rings. The van der Waals surface area contributed by atoms with Crippen molar-refractivity contribution in [1.82, 2.24) is 34.4 Å². The molecule has 1 aliphatic carbocycles. The third-order valence-electron chi connectivity index (χ3n) is 8.68. The number of nitrogens with zero attached hydrogens (tertiary/aromatic N) is 7. The van der Waals surface area contributed by atoms with Gasteiger partial charge in [-0.05, 0) is 31.4 Å². The first-order chi connectivity index (χ1) is 19.5. The van der Waals surface area contributed by atoms with Crippen molar-refractivity contribution in [2.75, 3.05) is 31.9 Å². The fraction of sp³-hybridized carbons (Fsp3) is 0.323. The van der Waals surface area contributed by atoms with Gasteiger partial charge in [-0.15, -0.1) is 0 Å². The molecule has 5 aromatic rings. The van der Waals surface area contributed by atoms with E-state index in [1.807, 2.05) is 27.6 Å². The molecule has 9 heteroatoms. The zero-order valence-corrected chi connectivity index (χ0v) is 22.8. The van der Waals surface area contributed by atoms with Crippen LogP contribution in [0.25, 0.3) is 38.9 Å². The Bertz CT molecular complexity index is 1730. The molecule has 1 saturated carbocycles. The van der Waals surface area contributed by atoms with E-state index in [0.717, 1.165) is 89.3 Å². The highest BCUT2D eigenvalue weighted by atomic mass is 16.2. The van der Waals surface area contributed by atoms with Gasteiger partial charge in [0.05, 0.1) is 11.2 Å². The molecule has 0 spiro atoms. The minimum absolute atomic E-state index is 0.162. The lowest BCUT2D eigenvalue weighted by atomic mass is 9.78. The van der Waals surface area contributed by atoms with Crippen LogP contribution in [0.3, 0.4) is 0 Å². The van der Waals surface area contributed by atoms with Gasteiger partial charge in [0.15, 0.2) is 5.82 Å². The summed E-state index contributed by atoms with van der Waals surface area (Å²) in [5.41, 5.74) is 13.0. The SMILES string of the molecule is CC(=O)N1CCN(C2CC(c3nc(-c4ccc5ccc(-c6ccccc6)nc5c4C)c4c(N)ncnn34)C2)CC1. The molecule has 7 rings (SSSR count). The van der Waals surface area contributed by atoms with Crippen molar-refractivity contribution in [1.29, 1.82) is 0 Å². The normalized spacial score (nSPS) is 19.7. The number of fused-ring (bicyclic) bond motifs is 2. The molecule has 1 saturated heterocycles. The molecule has 1 amide bonds. The van der Waals surface area contributed by atoms with Crippen LogP contribution in [0.5, 0.6) is 0 Å². The van der Waals surface area contributed by atoms with Crippen LogP contribution >= 0.6 is 0 Å². The van der Waals surface area contributed by atoms with E-state index >= 15 is 0 Å². The monoisotopic (exact) mass is 532 g/mol. The summed E-state index contributed by atoms with van der Waals surface area (Å²) in [6.07, 6.45) is 3.54. The summed E-state index contributed by atoms with van der Waals surface area (Å²) < 4.78 is 1.89. The maximum atomic E-state index is 11.7. The first-order valence-electron chi connectivity index (χ1n) is 13.9. The molecule has 0 bridgehead atoms. The first-order valence-corrected chi connectivity index (χ1v) is 13.9. The maximum Gasteiger partial charge on any atom is 0.219 e. The van der Waals surface area contributed by atoms with Crippen LogP contribution < -0.4 is 5.73 Å². The van der Waals surface area contributed by atoms with Gasteiger partial charge in [0.1, 0.15) is 23.4 Å². The van der Waals surface area contributed by atoms with E-state index in [4.69, 9.17) is 15.7 Å². The van der Waals surface area contributed by atoms with Gasteiger partial charge >= 0.3 is 0 Å². The maximum absolute atomic E-state index is 11.7. The average Bonchev–Trinajstić information content (AvgIpc) is 3.33. The van der Waals surface area contributed by atoms with E-state index in [1.165, 1.54) is 6.33 Å². The van der Waals surface area contributed by atoms with Gasteiger partial charge < -0.3 is 10.6 Å². The smallest absolute Gasteiger partial charge is 0.219 e. The van der Waals surface area contributed by atoms with Crippen LogP contribution in [0.2, 0.25) is 0 Å². The molecular weight excluding hydrogens is 500 g/mol. The molecule has 40 heavy (non-hydrogen) atoms. The molecule has 4 heterocycles. The highest BCUT2D eigenvalue weighted by molar-refractivity contribution is 5.94. The zero-order valence-electron chi connectivity index (χ0n) is 22.8. The van der Waals surface area contributed by atoms with Gasteiger partial charge in [0.2, 0.25) is 5.91 Å². The second kappa shape index (κ2) is 9.67. The van der Waals surface area contributed by atoms with Crippen molar-refractivity contribution < 1.29 is 4.79 Å². The van der Waals surface area contributed by atoms with Crippen LogP contribution in [0.1, 0.15) is 37.1 Å². The van der Waals surface area contributed by atoms with Gasteiger partial charge in [0.25, 0.3) is 0 Å². The van der Waals surface area contributed by atoms with Gasteiger partial charge in [-0.1, -0.05) is 48.5 Å². The molecule has 0 unspecified atom stereocenters. The van der Waals surface area contributed by atoms with E-state index in [-0.39, 0.29) is 11.8 Å². The van der Waals surface area contributed by atoms with Crippen molar-refractivity contribution in [2.45, 2.75) is 38.6 Å². The molecule has 3 aromatic heterocycles. The Kier molecular flexibility index (Phi) is 5.96. The Morgan fingerprint density at radius 2 is 1.70 bits per heavy atom. The highest BCUT2D eigenvalue weighted by Crippen LogP contribution is 2.42. The van der Waals surface area contributed by atoms with Crippen molar-refractivity contribution in [3.05, 3.63) is 72.3 Å².